The summed E-state index contributed by atoms with van der Waals surface area (Å²) in [6, 6.07) is 10.5. The maximum atomic E-state index is 12.9. The number of thiazole rings is 1. The fraction of sp³-hybridized carbons (Fsp3) is 0.150. The molecule has 0 fully saturated rings. The molecule has 2 heterocycles. The SMILES string of the molecule is CP(C)(=O)c1ccccc1Nc1nc(Nc2nc3ccc(C(F)(F)F)cc3s2)ncc1Cl. The highest BCUT2D eigenvalue weighted by atomic mass is 35.5. The third-order valence-electron chi connectivity index (χ3n) is 4.42. The number of anilines is 4. The van der Waals surface area contributed by atoms with Crippen LogP contribution >= 0.6 is 30.1 Å². The number of rotatable bonds is 5. The number of para-hydroxylation sites is 1. The van der Waals surface area contributed by atoms with Gasteiger partial charge in [0.2, 0.25) is 5.95 Å². The van der Waals surface area contributed by atoms with Gasteiger partial charge in [0.15, 0.2) is 10.9 Å². The van der Waals surface area contributed by atoms with Gasteiger partial charge in [0.05, 0.1) is 27.7 Å². The van der Waals surface area contributed by atoms with Crippen LogP contribution < -0.4 is 15.9 Å². The molecule has 2 aromatic heterocycles. The molecule has 0 saturated carbocycles. The van der Waals surface area contributed by atoms with Crippen molar-refractivity contribution in [2.75, 3.05) is 24.0 Å². The average Bonchev–Trinajstić information content (AvgIpc) is 3.11. The standard InChI is InChI=1S/C20H16ClF3N5OPS/c1-31(2,30)15-6-4-3-5-13(15)26-17-12(21)10-25-18(28-17)29-19-27-14-8-7-11(20(22,23)24)9-16(14)32-19/h3-10H,1-2H3,(H2,25,26,27,28,29). The summed E-state index contributed by atoms with van der Waals surface area (Å²) >= 11 is 7.29. The zero-order chi connectivity index (χ0) is 23.1. The smallest absolute Gasteiger partial charge is 0.338 e. The van der Waals surface area contributed by atoms with Gasteiger partial charge in [0, 0.05) is 5.30 Å². The molecule has 0 aliphatic heterocycles. The molecule has 6 nitrogen and oxygen atoms in total. The molecule has 0 unspecified atom stereocenters. The lowest BCUT2D eigenvalue weighted by Crippen LogP contribution is -2.10. The number of halogens is 4. The zero-order valence-corrected chi connectivity index (χ0v) is 19.2. The lowest BCUT2D eigenvalue weighted by molar-refractivity contribution is -0.137. The number of alkyl halides is 3. The molecule has 0 amide bonds. The van der Waals surface area contributed by atoms with E-state index in [4.69, 9.17) is 11.6 Å². The predicted octanol–water partition coefficient (Wildman–Crippen LogP) is 6.49. The fourth-order valence-corrected chi connectivity index (χ4v) is 5.13. The number of nitrogens with one attached hydrogen (secondary N) is 2. The van der Waals surface area contributed by atoms with Crippen molar-refractivity contribution in [1.29, 1.82) is 0 Å². The van der Waals surface area contributed by atoms with E-state index in [0.29, 0.717) is 26.3 Å². The molecule has 0 aliphatic carbocycles. The van der Waals surface area contributed by atoms with E-state index in [1.807, 2.05) is 0 Å². The van der Waals surface area contributed by atoms with E-state index in [1.54, 1.807) is 37.6 Å². The van der Waals surface area contributed by atoms with Gasteiger partial charge < -0.3 is 9.88 Å². The molecule has 12 heteroatoms. The van der Waals surface area contributed by atoms with Crippen molar-refractivity contribution in [3.05, 3.63) is 59.2 Å². The van der Waals surface area contributed by atoms with Crippen LogP contribution in [0.5, 0.6) is 0 Å². The maximum Gasteiger partial charge on any atom is 0.416 e. The van der Waals surface area contributed by atoms with Crippen molar-refractivity contribution in [3.63, 3.8) is 0 Å². The molecule has 0 saturated heterocycles. The molecule has 0 bridgehead atoms. The van der Waals surface area contributed by atoms with Crippen LogP contribution in [0.1, 0.15) is 5.56 Å². The number of nitrogens with zero attached hydrogens (tertiary/aromatic N) is 3. The summed E-state index contributed by atoms with van der Waals surface area (Å²) in [5, 5.41) is 7.21. The first-order chi connectivity index (χ1) is 15.0. The summed E-state index contributed by atoms with van der Waals surface area (Å²) in [5.41, 5.74) is 0.290. The molecule has 0 spiro atoms. The van der Waals surface area contributed by atoms with Crippen LogP contribution in [-0.4, -0.2) is 28.3 Å². The monoisotopic (exact) mass is 497 g/mol. The minimum Gasteiger partial charge on any atom is -0.338 e. The molecule has 0 radical (unpaired) electrons. The Morgan fingerprint density at radius 3 is 2.53 bits per heavy atom. The maximum absolute atomic E-state index is 12.9. The Labute approximate surface area is 190 Å². The molecule has 4 rings (SSSR count). The third-order valence-corrected chi connectivity index (χ3v) is 7.18. The van der Waals surface area contributed by atoms with Gasteiger partial charge in [-0.2, -0.15) is 18.2 Å². The molecular weight excluding hydrogens is 482 g/mol. The van der Waals surface area contributed by atoms with Gasteiger partial charge in [-0.15, -0.1) is 0 Å². The summed E-state index contributed by atoms with van der Waals surface area (Å²) < 4.78 is 51.8. The van der Waals surface area contributed by atoms with Crippen LogP contribution in [0, 0.1) is 0 Å². The summed E-state index contributed by atoms with van der Waals surface area (Å²) in [5.74, 6) is 0.436. The molecule has 166 valence electrons. The Bertz CT molecular complexity index is 1350. The summed E-state index contributed by atoms with van der Waals surface area (Å²) in [6.45, 7) is 3.33. The van der Waals surface area contributed by atoms with Gasteiger partial charge in [-0.1, -0.05) is 35.1 Å². The second-order valence-corrected chi connectivity index (χ2v) is 11.8. The van der Waals surface area contributed by atoms with E-state index in [1.165, 1.54) is 12.3 Å². The predicted molar refractivity (Wildman–Crippen MR) is 124 cm³/mol. The number of fused-ring (bicyclic) bond motifs is 1. The number of benzene rings is 2. The average molecular weight is 498 g/mol. The first-order valence-corrected chi connectivity index (χ1v) is 13.0. The Morgan fingerprint density at radius 1 is 1.06 bits per heavy atom. The van der Waals surface area contributed by atoms with Gasteiger partial charge >= 0.3 is 6.18 Å². The van der Waals surface area contributed by atoms with E-state index >= 15 is 0 Å². The fourth-order valence-electron chi connectivity index (χ4n) is 2.94. The Morgan fingerprint density at radius 2 is 1.81 bits per heavy atom. The van der Waals surface area contributed by atoms with E-state index in [2.05, 4.69) is 25.6 Å². The second kappa shape index (κ2) is 8.35. The molecule has 4 aromatic rings. The minimum atomic E-state index is -4.43. The molecule has 2 aromatic carbocycles. The van der Waals surface area contributed by atoms with Crippen LogP contribution in [-0.2, 0) is 10.7 Å². The van der Waals surface area contributed by atoms with Gasteiger partial charge in [0.25, 0.3) is 0 Å². The summed E-state index contributed by atoms with van der Waals surface area (Å²) in [7, 11) is -2.56. The minimum absolute atomic E-state index is 0.153. The van der Waals surface area contributed by atoms with Gasteiger partial charge in [-0.25, -0.2) is 9.97 Å². The summed E-state index contributed by atoms with van der Waals surface area (Å²) in [4.78, 5) is 12.7. The van der Waals surface area contributed by atoms with Gasteiger partial charge in [-0.05, 0) is 43.7 Å². The number of hydrogen-bond donors (Lipinski definition) is 2. The molecule has 2 N–H and O–H groups in total. The van der Waals surface area contributed by atoms with Crippen molar-refractivity contribution < 1.29 is 17.7 Å². The Kier molecular flexibility index (Phi) is 5.87. The van der Waals surface area contributed by atoms with E-state index in [0.717, 1.165) is 23.5 Å². The quantitative estimate of drug-likeness (QED) is 0.307. The van der Waals surface area contributed by atoms with Crippen LogP contribution in [0.15, 0.2) is 48.7 Å². The molecular formula is C20H16ClF3N5OPS. The highest BCUT2D eigenvalue weighted by molar-refractivity contribution is 7.70. The van der Waals surface area contributed by atoms with E-state index in [9.17, 15) is 17.7 Å². The van der Waals surface area contributed by atoms with Crippen LogP contribution in [0.3, 0.4) is 0 Å². The van der Waals surface area contributed by atoms with Gasteiger partial charge in [-0.3, -0.25) is 5.32 Å². The third kappa shape index (κ3) is 4.87. The largest absolute Gasteiger partial charge is 0.416 e. The lowest BCUT2D eigenvalue weighted by Gasteiger charge is -2.15. The Balaban J connectivity index is 1.62. The topological polar surface area (TPSA) is 79.8 Å². The molecule has 0 aliphatic rings. The zero-order valence-electron chi connectivity index (χ0n) is 16.7. The summed E-state index contributed by atoms with van der Waals surface area (Å²) in [6.07, 6.45) is -3.04. The van der Waals surface area contributed by atoms with E-state index < -0.39 is 18.9 Å². The van der Waals surface area contributed by atoms with E-state index in [-0.39, 0.29) is 16.8 Å². The highest BCUT2D eigenvalue weighted by Crippen LogP contribution is 2.39. The number of aromatic nitrogens is 3. The van der Waals surface area contributed by atoms with Crippen LogP contribution in [0.2, 0.25) is 5.02 Å². The first-order valence-electron chi connectivity index (χ1n) is 9.20. The van der Waals surface area contributed by atoms with Crippen molar-refractivity contribution in [1.82, 2.24) is 15.0 Å². The highest BCUT2D eigenvalue weighted by Gasteiger charge is 2.30. The van der Waals surface area contributed by atoms with Crippen molar-refractivity contribution >= 4 is 68.2 Å². The van der Waals surface area contributed by atoms with Crippen molar-refractivity contribution in [2.24, 2.45) is 0 Å². The van der Waals surface area contributed by atoms with Crippen LogP contribution in [0.25, 0.3) is 10.2 Å². The van der Waals surface area contributed by atoms with Crippen molar-refractivity contribution in [3.8, 4) is 0 Å². The second-order valence-electron chi connectivity index (χ2n) is 7.21. The first kappa shape index (κ1) is 22.5. The number of hydrogen-bond acceptors (Lipinski definition) is 7. The van der Waals surface area contributed by atoms with Gasteiger partial charge in [0.1, 0.15) is 12.2 Å². The molecule has 32 heavy (non-hydrogen) atoms. The lowest BCUT2D eigenvalue weighted by atomic mass is 10.2. The molecule has 0 atom stereocenters. The van der Waals surface area contributed by atoms with Crippen LogP contribution in [0.4, 0.5) is 35.8 Å². The Hall–Kier alpha value is -2.68. The normalized spacial score (nSPS) is 12.2. The van der Waals surface area contributed by atoms with Crippen molar-refractivity contribution in [2.45, 2.75) is 6.18 Å².